The Bertz CT molecular complexity index is 530. The molecule has 2 fully saturated rings. The Balaban J connectivity index is 1.57. The van der Waals surface area contributed by atoms with Gasteiger partial charge in [0, 0.05) is 18.2 Å². The van der Waals surface area contributed by atoms with Crippen LogP contribution in [0.25, 0.3) is 11.2 Å². The lowest BCUT2D eigenvalue weighted by Gasteiger charge is -2.56. The quantitative estimate of drug-likeness (QED) is 0.814. The van der Waals surface area contributed by atoms with Crippen LogP contribution in [0.4, 0.5) is 0 Å². The zero-order valence-corrected chi connectivity index (χ0v) is 9.60. The first-order valence-electron chi connectivity index (χ1n) is 6.21. The molecule has 0 saturated heterocycles. The van der Waals surface area contributed by atoms with Crippen LogP contribution in [0.3, 0.4) is 0 Å². The maximum Gasteiger partial charge on any atom is 0.200 e. The van der Waals surface area contributed by atoms with Gasteiger partial charge in [-0.2, -0.15) is 4.98 Å². The molecule has 2 aromatic heterocycles. The lowest BCUT2D eigenvalue weighted by molar-refractivity contribution is -0.0156. The topological polar surface area (TPSA) is 64.9 Å². The molecule has 88 valence electrons. The number of aromatic nitrogens is 2. The normalized spacial score (nSPS) is 35.8. The molecular formula is C13H15N3O. The number of nitrogens with two attached hydrogens (primary N) is 1. The molecule has 2 saturated carbocycles. The molecule has 4 nitrogen and oxygen atoms in total. The van der Waals surface area contributed by atoms with E-state index in [9.17, 15) is 0 Å². The van der Waals surface area contributed by atoms with Crippen molar-refractivity contribution in [3.63, 3.8) is 0 Å². The Morgan fingerprint density at radius 3 is 2.82 bits per heavy atom. The largest absolute Gasteiger partial charge is 0.439 e. The van der Waals surface area contributed by atoms with Gasteiger partial charge in [0.1, 0.15) is 0 Å². The highest BCUT2D eigenvalue weighted by atomic mass is 16.3. The lowest BCUT2D eigenvalue weighted by atomic mass is 9.50. The third-order valence-corrected chi connectivity index (χ3v) is 4.28. The fourth-order valence-electron chi connectivity index (χ4n) is 3.51. The van der Waals surface area contributed by atoms with Crippen molar-refractivity contribution >= 4 is 11.2 Å². The molecule has 0 bridgehead atoms. The zero-order chi connectivity index (χ0) is 11.5. The highest BCUT2D eigenvalue weighted by molar-refractivity contribution is 5.67. The molecule has 2 aliphatic carbocycles. The van der Waals surface area contributed by atoms with Crippen molar-refractivity contribution in [3.8, 4) is 0 Å². The van der Waals surface area contributed by atoms with Crippen LogP contribution >= 0.6 is 0 Å². The van der Waals surface area contributed by atoms with Gasteiger partial charge in [0.15, 0.2) is 17.1 Å². The summed E-state index contributed by atoms with van der Waals surface area (Å²) in [5.74, 6) is 1.35. The molecule has 17 heavy (non-hydrogen) atoms. The van der Waals surface area contributed by atoms with E-state index in [-0.39, 0.29) is 0 Å². The molecule has 2 aromatic rings. The minimum atomic E-state index is 0.432. The van der Waals surface area contributed by atoms with Gasteiger partial charge in [-0.15, -0.1) is 0 Å². The van der Waals surface area contributed by atoms with Gasteiger partial charge in [-0.25, -0.2) is 4.98 Å². The summed E-state index contributed by atoms with van der Waals surface area (Å²) in [4.78, 5) is 8.67. The number of nitrogens with zero attached hydrogens (tertiary/aromatic N) is 2. The zero-order valence-electron chi connectivity index (χ0n) is 9.60. The Morgan fingerprint density at radius 1 is 1.29 bits per heavy atom. The number of oxazole rings is 1. The molecule has 0 atom stereocenters. The fraction of sp³-hybridized carbons (Fsp3) is 0.538. The molecule has 0 aliphatic heterocycles. The smallest absolute Gasteiger partial charge is 0.200 e. The Hall–Kier alpha value is -1.42. The predicted octanol–water partition coefficient (Wildman–Crippen LogP) is 2.21. The summed E-state index contributed by atoms with van der Waals surface area (Å²) in [5, 5.41) is 0. The van der Waals surface area contributed by atoms with Crippen molar-refractivity contribution < 1.29 is 4.42 Å². The monoisotopic (exact) mass is 229 g/mol. The van der Waals surface area contributed by atoms with Crippen LogP contribution in [0.2, 0.25) is 0 Å². The van der Waals surface area contributed by atoms with E-state index in [1.54, 1.807) is 6.20 Å². The van der Waals surface area contributed by atoms with Gasteiger partial charge in [-0.3, -0.25) is 0 Å². The number of rotatable bonds is 1. The second kappa shape index (κ2) is 3.07. The molecule has 4 heteroatoms. The van der Waals surface area contributed by atoms with Crippen molar-refractivity contribution in [2.75, 3.05) is 0 Å². The van der Waals surface area contributed by atoms with E-state index in [4.69, 9.17) is 10.2 Å². The van der Waals surface area contributed by atoms with E-state index in [0.29, 0.717) is 17.4 Å². The van der Waals surface area contributed by atoms with E-state index in [0.717, 1.165) is 17.1 Å². The first-order valence-corrected chi connectivity index (χ1v) is 6.21. The van der Waals surface area contributed by atoms with Gasteiger partial charge in [-0.1, -0.05) is 0 Å². The molecule has 2 aliphatic rings. The van der Waals surface area contributed by atoms with Gasteiger partial charge in [-0.05, 0) is 43.2 Å². The molecule has 0 aromatic carbocycles. The maximum atomic E-state index is 5.86. The number of hydrogen-bond acceptors (Lipinski definition) is 4. The van der Waals surface area contributed by atoms with E-state index >= 15 is 0 Å². The van der Waals surface area contributed by atoms with Crippen LogP contribution in [0.15, 0.2) is 22.7 Å². The number of hydrogen-bond donors (Lipinski definition) is 1. The number of fused-ring (bicyclic) bond motifs is 1. The maximum absolute atomic E-state index is 5.86. The SMILES string of the molecule is NC1CC2(C1)CC(c1nc3ncccc3o1)C2. The molecule has 1 spiro atoms. The first-order chi connectivity index (χ1) is 8.24. The Morgan fingerprint density at radius 2 is 2.12 bits per heavy atom. The van der Waals surface area contributed by atoms with Gasteiger partial charge in [0.05, 0.1) is 0 Å². The van der Waals surface area contributed by atoms with Gasteiger partial charge in [0.25, 0.3) is 0 Å². The van der Waals surface area contributed by atoms with E-state index in [1.807, 2.05) is 12.1 Å². The first kappa shape index (κ1) is 9.59. The van der Waals surface area contributed by atoms with Crippen LogP contribution in [0, 0.1) is 5.41 Å². The van der Waals surface area contributed by atoms with Crippen LogP contribution in [-0.2, 0) is 0 Å². The molecule has 0 amide bonds. The molecule has 4 rings (SSSR count). The molecule has 0 radical (unpaired) electrons. The van der Waals surface area contributed by atoms with E-state index in [1.165, 1.54) is 25.7 Å². The number of pyridine rings is 1. The standard InChI is InChI=1S/C13H15N3O/c14-9-6-13(7-9)4-8(5-13)12-16-11-10(17-12)2-1-3-15-11/h1-3,8-9H,4-7,14H2. The average molecular weight is 229 g/mol. The molecule has 2 N–H and O–H groups in total. The Labute approximate surface area is 99.2 Å². The van der Waals surface area contributed by atoms with Gasteiger partial charge >= 0.3 is 0 Å². The second-order valence-electron chi connectivity index (χ2n) is 5.65. The second-order valence-corrected chi connectivity index (χ2v) is 5.65. The summed E-state index contributed by atoms with van der Waals surface area (Å²) in [6, 6.07) is 4.23. The minimum absolute atomic E-state index is 0.432. The van der Waals surface area contributed by atoms with E-state index < -0.39 is 0 Å². The van der Waals surface area contributed by atoms with E-state index in [2.05, 4.69) is 9.97 Å². The van der Waals surface area contributed by atoms with Crippen molar-refractivity contribution in [1.29, 1.82) is 0 Å². The summed E-state index contributed by atoms with van der Waals surface area (Å²) >= 11 is 0. The minimum Gasteiger partial charge on any atom is -0.439 e. The molecular weight excluding hydrogens is 214 g/mol. The fourth-order valence-corrected chi connectivity index (χ4v) is 3.51. The van der Waals surface area contributed by atoms with Crippen LogP contribution < -0.4 is 5.73 Å². The van der Waals surface area contributed by atoms with Crippen molar-refractivity contribution in [1.82, 2.24) is 9.97 Å². The van der Waals surface area contributed by atoms with Crippen molar-refractivity contribution in [2.45, 2.75) is 37.6 Å². The van der Waals surface area contributed by atoms with Gasteiger partial charge in [0.2, 0.25) is 0 Å². The Kier molecular flexibility index (Phi) is 1.73. The third-order valence-electron chi connectivity index (χ3n) is 4.28. The van der Waals surface area contributed by atoms with Crippen LogP contribution in [0.5, 0.6) is 0 Å². The highest BCUT2D eigenvalue weighted by Gasteiger charge is 2.53. The molecule has 2 heterocycles. The lowest BCUT2D eigenvalue weighted by Crippen LogP contribution is -2.52. The third kappa shape index (κ3) is 1.33. The molecule has 0 unspecified atom stereocenters. The van der Waals surface area contributed by atoms with Crippen LogP contribution in [0.1, 0.15) is 37.5 Å². The summed E-state index contributed by atoms with van der Waals surface area (Å²) in [6.45, 7) is 0. The summed E-state index contributed by atoms with van der Waals surface area (Å²) in [6.07, 6.45) is 6.49. The van der Waals surface area contributed by atoms with Crippen LogP contribution in [-0.4, -0.2) is 16.0 Å². The van der Waals surface area contributed by atoms with Crippen molar-refractivity contribution in [2.24, 2.45) is 11.1 Å². The van der Waals surface area contributed by atoms with Crippen molar-refractivity contribution in [3.05, 3.63) is 24.2 Å². The average Bonchev–Trinajstić information content (AvgIpc) is 2.64. The summed E-state index contributed by atoms with van der Waals surface area (Å²) in [7, 11) is 0. The van der Waals surface area contributed by atoms with Gasteiger partial charge < -0.3 is 10.2 Å². The summed E-state index contributed by atoms with van der Waals surface area (Å²) < 4.78 is 5.76. The predicted molar refractivity (Wildman–Crippen MR) is 63.4 cm³/mol. The highest BCUT2D eigenvalue weighted by Crippen LogP contribution is 2.61. The summed E-state index contributed by atoms with van der Waals surface area (Å²) in [5.41, 5.74) is 7.92.